The van der Waals surface area contributed by atoms with Crippen molar-refractivity contribution in [2.45, 2.75) is 13.8 Å². The van der Waals surface area contributed by atoms with E-state index in [1.54, 1.807) is 62.4 Å². The van der Waals surface area contributed by atoms with Gasteiger partial charge in [0.2, 0.25) is 10.0 Å². The number of sulfonamides is 1. The van der Waals surface area contributed by atoms with Crippen LogP contribution in [-0.4, -0.2) is 39.7 Å². The lowest BCUT2D eigenvalue weighted by molar-refractivity contribution is 0.0526. The van der Waals surface area contributed by atoms with Gasteiger partial charge in [-0.15, -0.1) is 0 Å². The van der Waals surface area contributed by atoms with Crippen LogP contribution in [0.5, 0.6) is 0 Å². The van der Waals surface area contributed by atoms with Gasteiger partial charge in [0.25, 0.3) is 5.91 Å². The summed E-state index contributed by atoms with van der Waals surface area (Å²) in [7, 11) is -3.37. The molecule has 1 N–H and O–H groups in total. The Morgan fingerprint density at radius 1 is 0.963 bits per heavy atom. The molecule has 0 unspecified atom stereocenters. The van der Waals surface area contributed by atoms with E-state index >= 15 is 0 Å². The van der Waals surface area contributed by atoms with Gasteiger partial charge in [-0.05, 0) is 62.4 Å². The Morgan fingerprint density at radius 2 is 1.52 bits per heavy atom. The number of amides is 1. The minimum atomic E-state index is -3.37. The number of carbonyl (C=O) groups is 2. The van der Waals surface area contributed by atoms with E-state index < -0.39 is 16.0 Å². The maximum Gasteiger partial charge on any atom is 0.338 e. The first-order valence-corrected chi connectivity index (χ1v) is 10.3. The third-order valence-corrected chi connectivity index (χ3v) is 5.03. The highest BCUT2D eigenvalue weighted by Gasteiger charge is 2.16. The van der Waals surface area contributed by atoms with Gasteiger partial charge in [-0.1, -0.05) is 0 Å². The Morgan fingerprint density at radius 3 is 2.00 bits per heavy atom. The molecule has 8 heteroatoms. The Kier molecular flexibility index (Phi) is 6.57. The molecule has 0 radical (unpaired) electrons. The number of ether oxygens (including phenoxy) is 1. The molecule has 144 valence electrons. The van der Waals surface area contributed by atoms with Crippen molar-refractivity contribution in [3.05, 3.63) is 59.7 Å². The van der Waals surface area contributed by atoms with E-state index in [-0.39, 0.29) is 5.91 Å². The second-order valence-corrected chi connectivity index (χ2v) is 7.63. The Labute approximate surface area is 159 Å². The molecule has 0 fully saturated rings. The van der Waals surface area contributed by atoms with Crippen LogP contribution in [0.2, 0.25) is 0 Å². The molecule has 2 aromatic rings. The van der Waals surface area contributed by atoms with Crippen molar-refractivity contribution in [2.75, 3.05) is 29.0 Å². The minimum Gasteiger partial charge on any atom is -0.462 e. The number of anilines is 2. The lowest BCUT2D eigenvalue weighted by Crippen LogP contribution is -2.29. The fourth-order valence-corrected chi connectivity index (χ4v) is 3.47. The number of nitrogens with zero attached hydrogens (tertiary/aromatic N) is 1. The van der Waals surface area contributed by atoms with Crippen LogP contribution >= 0.6 is 0 Å². The maximum absolute atomic E-state index is 12.3. The largest absolute Gasteiger partial charge is 0.462 e. The Hall–Kier alpha value is -2.87. The summed E-state index contributed by atoms with van der Waals surface area (Å²) in [4.78, 5) is 24.0. The van der Waals surface area contributed by atoms with Gasteiger partial charge in [0.1, 0.15) is 0 Å². The summed E-state index contributed by atoms with van der Waals surface area (Å²) in [5.41, 5.74) is 1.82. The summed E-state index contributed by atoms with van der Waals surface area (Å²) in [6.45, 7) is 4.06. The lowest BCUT2D eigenvalue weighted by Gasteiger charge is -2.20. The summed E-state index contributed by atoms with van der Waals surface area (Å²) < 4.78 is 29.7. The number of benzene rings is 2. The average Bonchev–Trinajstić information content (AvgIpc) is 2.62. The molecular weight excluding hydrogens is 368 g/mol. The molecule has 2 aromatic carbocycles. The first kappa shape index (κ1) is 20.4. The predicted octanol–water partition coefficient (Wildman–Crippen LogP) is 2.90. The van der Waals surface area contributed by atoms with Gasteiger partial charge >= 0.3 is 5.97 Å². The number of rotatable bonds is 7. The van der Waals surface area contributed by atoms with Crippen LogP contribution in [-0.2, 0) is 14.8 Å². The normalized spacial score (nSPS) is 10.9. The zero-order chi connectivity index (χ0) is 20.0. The SMILES string of the molecule is CCOC(=O)c1ccc(NC(=O)c2ccc(N(CC)S(C)(=O)=O)cc2)cc1. The zero-order valence-corrected chi connectivity index (χ0v) is 16.2. The van der Waals surface area contributed by atoms with Crippen molar-refractivity contribution in [1.29, 1.82) is 0 Å². The van der Waals surface area contributed by atoms with Crippen LogP contribution in [0.25, 0.3) is 0 Å². The van der Waals surface area contributed by atoms with E-state index in [1.807, 2.05) is 0 Å². The van der Waals surface area contributed by atoms with Gasteiger partial charge < -0.3 is 10.1 Å². The van der Waals surface area contributed by atoms with Gasteiger partial charge in [0, 0.05) is 17.8 Å². The van der Waals surface area contributed by atoms with Gasteiger partial charge in [0.15, 0.2) is 0 Å². The van der Waals surface area contributed by atoms with Gasteiger partial charge in [0.05, 0.1) is 24.1 Å². The van der Waals surface area contributed by atoms with E-state index in [0.717, 1.165) is 6.26 Å². The number of hydrogen-bond donors (Lipinski definition) is 1. The first-order chi connectivity index (χ1) is 12.8. The van der Waals surface area contributed by atoms with Crippen molar-refractivity contribution in [1.82, 2.24) is 0 Å². The van der Waals surface area contributed by atoms with Gasteiger partial charge in [-0.2, -0.15) is 0 Å². The Balaban J connectivity index is 2.09. The van der Waals surface area contributed by atoms with E-state index in [2.05, 4.69) is 5.32 Å². The molecule has 7 nitrogen and oxygen atoms in total. The highest BCUT2D eigenvalue weighted by atomic mass is 32.2. The molecule has 0 heterocycles. The quantitative estimate of drug-likeness (QED) is 0.734. The summed E-state index contributed by atoms with van der Waals surface area (Å²) in [6.07, 6.45) is 1.14. The van der Waals surface area contributed by atoms with E-state index in [1.165, 1.54) is 4.31 Å². The molecule has 0 aromatic heterocycles. The molecule has 2 rings (SSSR count). The maximum atomic E-state index is 12.3. The predicted molar refractivity (Wildman–Crippen MR) is 105 cm³/mol. The molecule has 0 aliphatic heterocycles. The third kappa shape index (κ3) is 5.30. The number of carbonyl (C=O) groups excluding carboxylic acids is 2. The summed E-state index contributed by atoms with van der Waals surface area (Å²) in [6, 6.07) is 12.7. The van der Waals surface area contributed by atoms with Crippen LogP contribution in [0.1, 0.15) is 34.6 Å². The van der Waals surface area contributed by atoms with Crippen molar-refractivity contribution in [2.24, 2.45) is 0 Å². The highest BCUT2D eigenvalue weighted by molar-refractivity contribution is 7.92. The monoisotopic (exact) mass is 390 g/mol. The molecule has 0 spiro atoms. The molecule has 1 amide bonds. The van der Waals surface area contributed by atoms with Crippen LogP contribution in [0, 0.1) is 0 Å². The molecule has 0 saturated carbocycles. The zero-order valence-electron chi connectivity index (χ0n) is 15.4. The molecular formula is C19H22N2O5S. The standard InChI is InChI=1S/C19H22N2O5S/c1-4-21(27(3,24)25)17-12-8-14(9-13-17)18(22)20-16-10-6-15(7-11-16)19(23)26-5-2/h6-13H,4-5H2,1-3H3,(H,20,22). The number of nitrogens with one attached hydrogen (secondary N) is 1. The topological polar surface area (TPSA) is 92.8 Å². The van der Waals surface area contributed by atoms with Gasteiger partial charge in [-0.25, -0.2) is 13.2 Å². The second kappa shape index (κ2) is 8.68. The van der Waals surface area contributed by atoms with Crippen LogP contribution in [0.15, 0.2) is 48.5 Å². The van der Waals surface area contributed by atoms with Crippen LogP contribution in [0.4, 0.5) is 11.4 Å². The fourth-order valence-electron chi connectivity index (χ4n) is 2.49. The van der Waals surface area contributed by atoms with Crippen molar-refractivity contribution in [3.8, 4) is 0 Å². The number of esters is 1. The third-order valence-electron chi connectivity index (χ3n) is 3.76. The summed E-state index contributed by atoms with van der Waals surface area (Å²) >= 11 is 0. The molecule has 0 atom stereocenters. The van der Waals surface area contributed by atoms with Crippen molar-refractivity contribution in [3.63, 3.8) is 0 Å². The van der Waals surface area contributed by atoms with E-state index in [4.69, 9.17) is 4.74 Å². The van der Waals surface area contributed by atoms with Crippen LogP contribution < -0.4 is 9.62 Å². The molecule has 0 saturated heterocycles. The van der Waals surface area contributed by atoms with Crippen molar-refractivity contribution >= 4 is 33.3 Å². The van der Waals surface area contributed by atoms with Gasteiger partial charge in [-0.3, -0.25) is 9.10 Å². The van der Waals surface area contributed by atoms with Crippen molar-refractivity contribution < 1.29 is 22.7 Å². The molecule has 0 aliphatic carbocycles. The number of hydrogen-bond acceptors (Lipinski definition) is 5. The first-order valence-electron chi connectivity index (χ1n) is 8.42. The fraction of sp³-hybridized carbons (Fsp3) is 0.263. The lowest BCUT2D eigenvalue weighted by atomic mass is 10.1. The molecule has 0 bridgehead atoms. The minimum absolute atomic E-state index is 0.294. The summed E-state index contributed by atoms with van der Waals surface area (Å²) in [5.74, 6) is -0.759. The molecule has 27 heavy (non-hydrogen) atoms. The molecule has 0 aliphatic rings. The summed E-state index contributed by atoms with van der Waals surface area (Å²) in [5, 5.41) is 2.73. The average molecular weight is 390 g/mol. The Bertz CT molecular complexity index is 906. The van der Waals surface area contributed by atoms with E-state index in [9.17, 15) is 18.0 Å². The van der Waals surface area contributed by atoms with E-state index in [0.29, 0.717) is 35.7 Å². The highest BCUT2D eigenvalue weighted by Crippen LogP contribution is 2.19. The second-order valence-electron chi connectivity index (χ2n) is 5.73. The van der Waals surface area contributed by atoms with Crippen LogP contribution in [0.3, 0.4) is 0 Å². The smallest absolute Gasteiger partial charge is 0.338 e.